The molecule has 11 nitrogen and oxygen atoms in total. The monoisotopic (exact) mass is 607 g/mol. The van der Waals surface area contributed by atoms with Gasteiger partial charge >= 0.3 is 0 Å². The lowest BCUT2D eigenvalue weighted by atomic mass is 9.82. The Morgan fingerprint density at radius 2 is 1.56 bits per heavy atom. The Bertz CT molecular complexity index is 1410. The Morgan fingerprint density at radius 3 is 2.14 bits per heavy atom. The molecule has 3 saturated heterocycles. The maximum absolute atomic E-state index is 14.7. The van der Waals surface area contributed by atoms with Crippen LogP contribution in [0, 0.1) is 5.92 Å². The Hall–Kier alpha value is -3.13. The van der Waals surface area contributed by atoms with Crippen molar-refractivity contribution in [2.75, 3.05) is 60.6 Å². The zero-order chi connectivity index (χ0) is 30.5. The molecule has 0 saturated carbocycles. The number of rotatable bonds is 7. The molecule has 3 amide bonds. The van der Waals surface area contributed by atoms with Gasteiger partial charge in [-0.25, -0.2) is 0 Å². The molecule has 1 spiro atoms. The second kappa shape index (κ2) is 11.4. The number of benzene rings is 2. The van der Waals surface area contributed by atoms with Crippen LogP contribution in [-0.2, 0) is 31.3 Å². The van der Waals surface area contributed by atoms with Crippen molar-refractivity contribution in [1.82, 2.24) is 10.6 Å². The van der Waals surface area contributed by atoms with Crippen LogP contribution >= 0.6 is 0 Å². The molecule has 4 atom stereocenters. The summed E-state index contributed by atoms with van der Waals surface area (Å²) in [4.78, 5) is 56.4. The highest BCUT2D eigenvalue weighted by Gasteiger charge is 2.66. The number of aliphatic hydroxyl groups excluding tert-OH is 1. The third kappa shape index (κ3) is 5.09. The molecule has 12 heteroatoms. The highest BCUT2D eigenvalue weighted by molar-refractivity contribution is 6.71. The van der Waals surface area contributed by atoms with Crippen molar-refractivity contribution in [3.05, 3.63) is 53.6 Å². The Kier molecular flexibility index (Phi) is 7.94. The first-order valence-corrected chi connectivity index (χ1v) is 18.2. The number of carbonyl (C=O) groups is 3. The summed E-state index contributed by atoms with van der Waals surface area (Å²) >= 11 is 0. The molecule has 0 radical (unpaired) electrons. The molecule has 0 aromatic heterocycles. The van der Waals surface area contributed by atoms with Gasteiger partial charge in [0, 0.05) is 61.2 Å². The zero-order valence-corrected chi connectivity index (χ0v) is 26.0. The van der Waals surface area contributed by atoms with Crippen LogP contribution in [0.5, 0.6) is 0 Å². The van der Waals surface area contributed by atoms with Crippen LogP contribution in [0.4, 0.5) is 17.1 Å². The van der Waals surface area contributed by atoms with Crippen LogP contribution in [0.15, 0.2) is 42.5 Å². The second-order valence-corrected chi connectivity index (χ2v) is 16.5. The van der Waals surface area contributed by atoms with E-state index in [1.165, 1.54) is 0 Å². The van der Waals surface area contributed by atoms with Crippen LogP contribution in [0.25, 0.3) is 0 Å². The number of amides is 3. The van der Waals surface area contributed by atoms with Crippen LogP contribution < -0.4 is 25.3 Å². The van der Waals surface area contributed by atoms with E-state index in [0.717, 1.165) is 17.8 Å². The van der Waals surface area contributed by atoms with Crippen molar-refractivity contribution < 1.29 is 29.0 Å². The Morgan fingerprint density at radius 1 is 0.953 bits per heavy atom. The van der Waals surface area contributed by atoms with E-state index < -0.39 is 20.0 Å². The second-order valence-electron chi connectivity index (χ2n) is 12.6. The van der Waals surface area contributed by atoms with E-state index in [1.54, 1.807) is 14.7 Å². The predicted molar refractivity (Wildman–Crippen MR) is 165 cm³/mol. The predicted octanol–water partition coefficient (Wildman–Crippen LogP) is 1.29. The van der Waals surface area contributed by atoms with Crippen molar-refractivity contribution in [3.8, 4) is 0 Å². The summed E-state index contributed by atoms with van der Waals surface area (Å²) in [5.41, 5.74) is 2.20. The summed E-state index contributed by atoms with van der Waals surface area (Å²) in [6.07, 6.45) is -0.165. The molecule has 0 unspecified atom stereocenters. The van der Waals surface area contributed by atoms with E-state index in [1.807, 2.05) is 62.5 Å². The van der Waals surface area contributed by atoms with Gasteiger partial charge in [0.05, 0.1) is 31.4 Å². The molecular formula is C31H41N5O6Si. The van der Waals surface area contributed by atoms with E-state index in [9.17, 15) is 24.3 Å². The number of ether oxygens (including phenoxy) is 1. The van der Waals surface area contributed by atoms with Gasteiger partial charge in [0.15, 0.2) is 13.9 Å². The number of nitrogens with zero attached hydrogens (tertiary/aromatic N) is 3. The molecule has 0 bridgehead atoms. The van der Waals surface area contributed by atoms with Gasteiger partial charge in [-0.15, -0.1) is 0 Å². The maximum Gasteiger partial charge on any atom is 0.264 e. The van der Waals surface area contributed by atoms with E-state index in [0.29, 0.717) is 56.1 Å². The minimum Gasteiger partial charge on any atom is -0.432 e. The van der Waals surface area contributed by atoms with Crippen LogP contribution in [0.2, 0.25) is 18.6 Å². The average molecular weight is 608 g/mol. The number of anilines is 3. The van der Waals surface area contributed by atoms with Crippen LogP contribution in [-0.4, -0.2) is 87.9 Å². The van der Waals surface area contributed by atoms with Gasteiger partial charge in [0.2, 0.25) is 11.8 Å². The first kappa shape index (κ1) is 29.9. The Balaban J connectivity index is 1.39. The number of hydrogen-bond donors (Lipinski definition) is 4. The molecule has 4 heterocycles. The highest BCUT2D eigenvalue weighted by atomic mass is 28.4. The summed E-state index contributed by atoms with van der Waals surface area (Å²) in [5.74, 6) is -0.575. The SMILES string of the molecule is C[C@H]1[C@H]([Si](C)(C)O)[C@@H](CCO)O[C@]12C(=O)N(Cc1ccc(N3CCNCC3=O)cc1)c1ccc(N3CCNCC3=O)cc12. The fourth-order valence-corrected chi connectivity index (χ4v) is 10.1. The first-order chi connectivity index (χ1) is 20.6. The quantitative estimate of drug-likeness (QED) is 0.346. The fourth-order valence-electron chi connectivity index (χ4n) is 7.51. The maximum atomic E-state index is 14.7. The number of nitrogens with one attached hydrogen (secondary N) is 2. The molecule has 6 rings (SSSR count). The molecule has 2 aromatic carbocycles. The van der Waals surface area contributed by atoms with Crippen molar-refractivity contribution >= 4 is 43.1 Å². The molecular weight excluding hydrogens is 566 g/mol. The highest BCUT2D eigenvalue weighted by Crippen LogP contribution is 2.60. The molecule has 2 aromatic rings. The van der Waals surface area contributed by atoms with E-state index in [-0.39, 0.29) is 42.3 Å². The third-order valence-corrected chi connectivity index (χ3v) is 12.0. The smallest absolute Gasteiger partial charge is 0.264 e. The van der Waals surface area contributed by atoms with Crippen molar-refractivity contribution in [1.29, 1.82) is 0 Å². The number of carbonyl (C=O) groups excluding carboxylic acids is 3. The lowest BCUT2D eigenvalue weighted by molar-refractivity contribution is -0.146. The zero-order valence-electron chi connectivity index (χ0n) is 25.0. The minimum absolute atomic E-state index is 0.0260. The van der Waals surface area contributed by atoms with Crippen molar-refractivity contribution in [2.24, 2.45) is 5.92 Å². The van der Waals surface area contributed by atoms with Crippen molar-refractivity contribution in [2.45, 2.75) is 50.2 Å². The first-order valence-electron chi connectivity index (χ1n) is 15.1. The van der Waals surface area contributed by atoms with E-state index in [4.69, 9.17) is 4.74 Å². The number of aliphatic hydroxyl groups is 1. The molecule has 4 N–H and O–H groups in total. The summed E-state index contributed by atoms with van der Waals surface area (Å²) in [7, 11) is -2.83. The molecule has 4 aliphatic rings. The van der Waals surface area contributed by atoms with Gasteiger partial charge < -0.3 is 40.0 Å². The standard InChI is InChI=1S/C31H41N5O6Si/c1-20-29(43(2,3)41)26(10-15-37)42-31(20)24-16-23(35-14-12-33-18-28(35)39)8-9-25(24)36(30(31)40)19-21-4-6-22(7-5-21)34-13-11-32-17-27(34)38/h4-9,16,20,26,29,32-33,37,41H,10-15,17-19H2,1-3H3/t20-,26+,29-,31+/m0/s1. The molecule has 230 valence electrons. The van der Waals surface area contributed by atoms with Gasteiger partial charge in [-0.3, -0.25) is 14.4 Å². The number of fused-ring (bicyclic) bond motifs is 2. The summed E-state index contributed by atoms with van der Waals surface area (Å²) in [5, 5.41) is 16.1. The summed E-state index contributed by atoms with van der Waals surface area (Å²) in [6.45, 7) is 8.97. The third-order valence-electron chi connectivity index (χ3n) is 9.46. The largest absolute Gasteiger partial charge is 0.432 e. The summed E-state index contributed by atoms with van der Waals surface area (Å²) in [6, 6.07) is 13.4. The molecule has 43 heavy (non-hydrogen) atoms. The van der Waals surface area contributed by atoms with Gasteiger partial charge in [-0.1, -0.05) is 19.1 Å². The van der Waals surface area contributed by atoms with Gasteiger partial charge in [0.25, 0.3) is 5.91 Å². The van der Waals surface area contributed by atoms with Gasteiger partial charge in [-0.05, 0) is 55.4 Å². The van der Waals surface area contributed by atoms with E-state index >= 15 is 0 Å². The van der Waals surface area contributed by atoms with Crippen LogP contribution in [0.3, 0.4) is 0 Å². The van der Waals surface area contributed by atoms with E-state index in [2.05, 4.69) is 10.6 Å². The minimum atomic E-state index is -2.83. The van der Waals surface area contributed by atoms with Crippen molar-refractivity contribution in [3.63, 3.8) is 0 Å². The van der Waals surface area contributed by atoms with Crippen LogP contribution in [0.1, 0.15) is 24.5 Å². The summed E-state index contributed by atoms with van der Waals surface area (Å²) < 4.78 is 6.75. The van der Waals surface area contributed by atoms with Gasteiger partial charge in [-0.2, -0.15) is 0 Å². The molecule has 0 aliphatic carbocycles. The molecule has 3 fully saturated rings. The van der Waals surface area contributed by atoms with Gasteiger partial charge in [0.1, 0.15) is 0 Å². The molecule has 4 aliphatic heterocycles. The topological polar surface area (TPSA) is 135 Å². The fraction of sp³-hybridized carbons (Fsp3) is 0.516. The lowest BCUT2D eigenvalue weighted by Crippen LogP contribution is -2.48. The average Bonchev–Trinajstić information content (AvgIpc) is 3.40. The lowest BCUT2D eigenvalue weighted by Gasteiger charge is -2.33. The normalized spacial score (nSPS) is 27.9. The number of piperazine rings is 2. The Labute approximate surface area is 252 Å². The number of hydrogen-bond acceptors (Lipinski definition) is 8.